The number of amidine groups is 1. The number of nitrogens with one attached hydrogen (secondary N) is 1. The smallest absolute Gasteiger partial charge is 0.157 e. The molecule has 0 aromatic carbocycles. The van der Waals surface area contributed by atoms with Gasteiger partial charge in [0.05, 0.1) is 6.54 Å². The number of hydrogen-bond acceptors (Lipinski definition) is 3. The van der Waals surface area contributed by atoms with Crippen molar-refractivity contribution in [3.8, 4) is 0 Å². The van der Waals surface area contributed by atoms with E-state index in [4.69, 9.17) is 0 Å². The summed E-state index contributed by atoms with van der Waals surface area (Å²) in [6.07, 6.45) is 1.20. The third-order valence-electron chi connectivity index (χ3n) is 2.75. The zero-order valence-electron chi connectivity index (χ0n) is 10.0. The Hall–Kier alpha value is -0.480. The molecule has 0 spiro atoms. The van der Waals surface area contributed by atoms with Gasteiger partial charge in [0, 0.05) is 16.2 Å². The highest BCUT2D eigenvalue weighted by atomic mass is 32.2. The monoisotopic (exact) mass is 254 g/mol. The Morgan fingerprint density at radius 1 is 1.50 bits per heavy atom. The summed E-state index contributed by atoms with van der Waals surface area (Å²) in [5.74, 6) is 1.17. The number of nitrogens with zero attached hydrogens (tertiary/aromatic N) is 1. The van der Waals surface area contributed by atoms with Gasteiger partial charge in [0.1, 0.15) is 0 Å². The molecular formula is C12H18N2S2. The summed E-state index contributed by atoms with van der Waals surface area (Å²) in [7, 11) is 0. The molecule has 0 saturated carbocycles. The standard InChI is InChI=1S/C12H18N2S2/c1-9-4-6-15-10(9)8-13-11-14-12(2,3)5-7-16-11/h4,6H,5,7-8H2,1-3H3,(H,13,14). The molecule has 2 heterocycles. The molecule has 0 radical (unpaired) electrons. The van der Waals surface area contributed by atoms with E-state index in [1.165, 1.54) is 22.6 Å². The van der Waals surface area contributed by atoms with E-state index in [-0.39, 0.29) is 5.54 Å². The van der Waals surface area contributed by atoms with Gasteiger partial charge in [0.25, 0.3) is 0 Å². The summed E-state index contributed by atoms with van der Waals surface area (Å²) in [6.45, 7) is 7.43. The number of hydrogen-bond donors (Lipinski definition) is 1. The maximum atomic E-state index is 4.66. The van der Waals surface area contributed by atoms with Crippen molar-refractivity contribution in [2.45, 2.75) is 39.3 Å². The summed E-state index contributed by atoms with van der Waals surface area (Å²) in [4.78, 5) is 6.03. The van der Waals surface area contributed by atoms with Crippen LogP contribution in [0.1, 0.15) is 30.7 Å². The zero-order chi connectivity index (χ0) is 11.6. The Bertz CT molecular complexity index is 393. The Morgan fingerprint density at radius 2 is 2.31 bits per heavy atom. The molecule has 1 aromatic heterocycles. The fourth-order valence-corrected chi connectivity index (χ4v) is 3.73. The van der Waals surface area contributed by atoms with Crippen LogP contribution in [0.2, 0.25) is 0 Å². The van der Waals surface area contributed by atoms with Crippen LogP contribution in [0.25, 0.3) is 0 Å². The van der Waals surface area contributed by atoms with Crippen molar-refractivity contribution >= 4 is 28.3 Å². The molecule has 0 aliphatic carbocycles. The van der Waals surface area contributed by atoms with E-state index in [0.29, 0.717) is 0 Å². The van der Waals surface area contributed by atoms with Crippen molar-refractivity contribution in [1.29, 1.82) is 0 Å². The van der Waals surface area contributed by atoms with Crippen LogP contribution in [0.15, 0.2) is 16.4 Å². The molecule has 1 fully saturated rings. The van der Waals surface area contributed by atoms with Gasteiger partial charge in [-0.05, 0) is 44.2 Å². The van der Waals surface area contributed by atoms with Crippen molar-refractivity contribution in [3.05, 3.63) is 21.9 Å². The fraction of sp³-hybridized carbons (Fsp3) is 0.583. The number of thiophene rings is 1. The first-order valence-electron chi connectivity index (χ1n) is 5.55. The van der Waals surface area contributed by atoms with Crippen molar-refractivity contribution in [3.63, 3.8) is 0 Å². The lowest BCUT2D eigenvalue weighted by molar-refractivity contribution is 0.446. The second kappa shape index (κ2) is 4.80. The van der Waals surface area contributed by atoms with Gasteiger partial charge in [-0.25, -0.2) is 0 Å². The van der Waals surface area contributed by atoms with Crippen LogP contribution in [0, 0.1) is 6.92 Å². The highest BCUT2D eigenvalue weighted by Crippen LogP contribution is 2.23. The van der Waals surface area contributed by atoms with Crippen molar-refractivity contribution in [1.82, 2.24) is 5.32 Å². The number of rotatable bonds is 2. The number of aliphatic imine (C=N–C) groups is 1. The van der Waals surface area contributed by atoms with Crippen molar-refractivity contribution in [2.75, 3.05) is 5.75 Å². The molecule has 0 unspecified atom stereocenters. The summed E-state index contributed by atoms with van der Waals surface area (Å²) < 4.78 is 0. The maximum absolute atomic E-state index is 4.66. The topological polar surface area (TPSA) is 24.4 Å². The molecule has 2 nitrogen and oxygen atoms in total. The van der Waals surface area contributed by atoms with E-state index in [2.05, 4.69) is 42.5 Å². The van der Waals surface area contributed by atoms with E-state index >= 15 is 0 Å². The molecule has 88 valence electrons. The predicted molar refractivity (Wildman–Crippen MR) is 74.5 cm³/mol. The van der Waals surface area contributed by atoms with E-state index in [1.54, 1.807) is 11.3 Å². The zero-order valence-corrected chi connectivity index (χ0v) is 11.7. The SMILES string of the molecule is Cc1ccsc1CN=C1NC(C)(C)CCS1. The number of thioether (sulfide) groups is 1. The average Bonchev–Trinajstić information content (AvgIpc) is 2.60. The van der Waals surface area contributed by atoms with Gasteiger partial charge in [0.2, 0.25) is 0 Å². The lowest BCUT2D eigenvalue weighted by atomic mass is 10.0. The molecule has 0 atom stereocenters. The van der Waals surface area contributed by atoms with Gasteiger partial charge in [-0.3, -0.25) is 4.99 Å². The van der Waals surface area contributed by atoms with E-state index in [1.807, 2.05) is 11.8 Å². The Morgan fingerprint density at radius 3 is 2.94 bits per heavy atom. The molecule has 1 aliphatic rings. The average molecular weight is 254 g/mol. The van der Waals surface area contributed by atoms with Crippen LogP contribution < -0.4 is 5.32 Å². The second-order valence-electron chi connectivity index (χ2n) is 4.76. The molecule has 4 heteroatoms. The Kier molecular flexibility index (Phi) is 3.60. The van der Waals surface area contributed by atoms with Gasteiger partial charge in [-0.15, -0.1) is 11.3 Å². The summed E-state index contributed by atoms with van der Waals surface area (Å²) in [5, 5.41) is 6.73. The first kappa shape index (κ1) is 12.0. The van der Waals surface area contributed by atoms with Gasteiger partial charge >= 0.3 is 0 Å². The first-order chi connectivity index (χ1) is 7.57. The number of aryl methyl sites for hydroxylation is 1. The van der Waals surface area contributed by atoms with Gasteiger partial charge in [-0.2, -0.15) is 0 Å². The molecule has 16 heavy (non-hydrogen) atoms. The van der Waals surface area contributed by atoms with E-state index in [9.17, 15) is 0 Å². The van der Waals surface area contributed by atoms with Crippen LogP contribution >= 0.6 is 23.1 Å². The van der Waals surface area contributed by atoms with Gasteiger partial charge in [-0.1, -0.05) is 11.8 Å². The fourth-order valence-electron chi connectivity index (χ4n) is 1.59. The van der Waals surface area contributed by atoms with Crippen LogP contribution in [0.4, 0.5) is 0 Å². The largest absolute Gasteiger partial charge is 0.360 e. The predicted octanol–water partition coefficient (Wildman–Crippen LogP) is 3.42. The van der Waals surface area contributed by atoms with E-state index in [0.717, 1.165) is 11.7 Å². The summed E-state index contributed by atoms with van der Waals surface area (Å²) >= 11 is 3.63. The third-order valence-corrected chi connectivity index (χ3v) is 4.67. The molecule has 1 aromatic rings. The van der Waals surface area contributed by atoms with Gasteiger partial charge < -0.3 is 5.32 Å². The van der Waals surface area contributed by atoms with Gasteiger partial charge in [0.15, 0.2) is 5.17 Å². The third kappa shape index (κ3) is 3.01. The lowest BCUT2D eigenvalue weighted by Gasteiger charge is -2.32. The minimum Gasteiger partial charge on any atom is -0.360 e. The lowest BCUT2D eigenvalue weighted by Crippen LogP contribution is -2.46. The molecule has 0 bridgehead atoms. The maximum Gasteiger partial charge on any atom is 0.157 e. The second-order valence-corrected chi connectivity index (χ2v) is 6.84. The summed E-state index contributed by atoms with van der Waals surface area (Å²) in [6, 6.07) is 2.16. The minimum absolute atomic E-state index is 0.203. The molecule has 1 aliphatic heterocycles. The van der Waals surface area contributed by atoms with Crippen LogP contribution in [0.3, 0.4) is 0 Å². The molecule has 0 amide bonds. The van der Waals surface area contributed by atoms with E-state index < -0.39 is 0 Å². The molecule has 1 saturated heterocycles. The quantitative estimate of drug-likeness (QED) is 0.874. The Balaban J connectivity index is 2.00. The van der Waals surface area contributed by atoms with Crippen LogP contribution in [-0.4, -0.2) is 16.5 Å². The van der Waals surface area contributed by atoms with Crippen LogP contribution in [-0.2, 0) is 6.54 Å². The van der Waals surface area contributed by atoms with Crippen LogP contribution in [0.5, 0.6) is 0 Å². The Labute approximate surface area is 106 Å². The molecular weight excluding hydrogens is 236 g/mol. The first-order valence-corrected chi connectivity index (χ1v) is 7.42. The normalized spacial score (nSPS) is 22.1. The molecule has 2 rings (SSSR count). The minimum atomic E-state index is 0.203. The van der Waals surface area contributed by atoms with Crippen molar-refractivity contribution < 1.29 is 0 Å². The highest BCUT2D eigenvalue weighted by Gasteiger charge is 2.23. The highest BCUT2D eigenvalue weighted by molar-refractivity contribution is 8.13. The summed E-state index contributed by atoms with van der Waals surface area (Å²) in [5.41, 5.74) is 1.56. The van der Waals surface area contributed by atoms with Crippen molar-refractivity contribution in [2.24, 2.45) is 4.99 Å². The molecule has 1 N–H and O–H groups in total.